The third-order valence-electron chi connectivity index (χ3n) is 2.29. The van der Waals surface area contributed by atoms with Crippen molar-refractivity contribution in [1.82, 2.24) is 0 Å². The molecule has 2 rings (SSSR count). The Balaban J connectivity index is 0.00000144. The molecule has 4 nitrogen and oxygen atoms in total. The first-order valence-corrected chi connectivity index (χ1v) is 6.59. The standard InChI is InChI=1S/C10H8BrNO3S.Na.H/c11-8-5-4-6-7(10(8)12)2-1-3-9(6)16(13,14)15;;/h1-5H,12H2,(H,13,14,15);;. The van der Waals surface area contributed by atoms with Gasteiger partial charge < -0.3 is 5.73 Å². The summed E-state index contributed by atoms with van der Waals surface area (Å²) in [6, 6.07) is 7.81. The van der Waals surface area contributed by atoms with Gasteiger partial charge >= 0.3 is 29.6 Å². The summed E-state index contributed by atoms with van der Waals surface area (Å²) in [6.07, 6.45) is 0. The molecule has 0 atom stereocenters. The zero-order valence-electron chi connectivity index (χ0n) is 8.01. The van der Waals surface area contributed by atoms with Crippen molar-refractivity contribution in [2.24, 2.45) is 0 Å². The van der Waals surface area contributed by atoms with E-state index in [0.717, 1.165) is 0 Å². The second-order valence-corrected chi connectivity index (χ2v) is 5.53. The van der Waals surface area contributed by atoms with E-state index in [1.165, 1.54) is 12.1 Å². The molecular formula is C10H9BrNNaO3S. The number of anilines is 1. The molecule has 0 aliphatic rings. The zero-order chi connectivity index (χ0) is 11.9. The predicted octanol–water partition coefficient (Wildman–Crippen LogP) is 1.78. The van der Waals surface area contributed by atoms with Gasteiger partial charge in [0, 0.05) is 15.2 Å². The van der Waals surface area contributed by atoms with E-state index in [1.807, 2.05) is 0 Å². The van der Waals surface area contributed by atoms with E-state index in [-0.39, 0.29) is 34.5 Å². The second-order valence-electron chi connectivity index (χ2n) is 3.29. The Morgan fingerprint density at radius 1 is 1.12 bits per heavy atom. The SMILES string of the molecule is Nc1c(Br)ccc2c(S(=O)(=O)O)cccc12.[NaH]. The van der Waals surface area contributed by atoms with Crippen molar-refractivity contribution in [2.45, 2.75) is 4.90 Å². The molecule has 2 aromatic rings. The Morgan fingerprint density at radius 3 is 2.35 bits per heavy atom. The fourth-order valence-corrected chi connectivity index (χ4v) is 2.60. The Hall–Kier alpha value is -0.110. The van der Waals surface area contributed by atoms with Crippen molar-refractivity contribution in [3.63, 3.8) is 0 Å². The van der Waals surface area contributed by atoms with Gasteiger partial charge in [0.1, 0.15) is 4.90 Å². The molecule has 0 heterocycles. The van der Waals surface area contributed by atoms with Crippen molar-refractivity contribution in [1.29, 1.82) is 0 Å². The number of benzene rings is 2. The topological polar surface area (TPSA) is 80.4 Å². The fraction of sp³-hybridized carbons (Fsp3) is 0. The van der Waals surface area contributed by atoms with Gasteiger partial charge in [0.2, 0.25) is 0 Å². The summed E-state index contributed by atoms with van der Waals surface area (Å²) in [4.78, 5) is -0.135. The first kappa shape index (κ1) is 14.9. The van der Waals surface area contributed by atoms with Gasteiger partial charge in [0.15, 0.2) is 0 Å². The van der Waals surface area contributed by atoms with E-state index in [2.05, 4.69) is 15.9 Å². The molecule has 86 valence electrons. The van der Waals surface area contributed by atoms with Gasteiger partial charge in [-0.25, -0.2) is 0 Å². The van der Waals surface area contributed by atoms with Gasteiger partial charge in [-0.2, -0.15) is 8.42 Å². The molecule has 0 fully saturated rings. The summed E-state index contributed by atoms with van der Waals surface area (Å²) >= 11 is 3.25. The molecule has 7 heteroatoms. The summed E-state index contributed by atoms with van der Waals surface area (Å²) in [5.41, 5.74) is 6.25. The van der Waals surface area contributed by atoms with E-state index >= 15 is 0 Å². The van der Waals surface area contributed by atoms with Crippen molar-refractivity contribution >= 4 is 72.1 Å². The van der Waals surface area contributed by atoms with Crippen LogP contribution in [-0.4, -0.2) is 42.5 Å². The molecule has 0 amide bonds. The van der Waals surface area contributed by atoms with E-state index in [1.54, 1.807) is 18.2 Å². The minimum absolute atomic E-state index is 0. The first-order chi connectivity index (χ1) is 7.41. The molecule has 17 heavy (non-hydrogen) atoms. The molecule has 0 aliphatic carbocycles. The van der Waals surface area contributed by atoms with Gasteiger partial charge in [0.05, 0.1) is 5.69 Å². The van der Waals surface area contributed by atoms with E-state index in [4.69, 9.17) is 10.3 Å². The number of hydrogen-bond donors (Lipinski definition) is 2. The molecule has 0 aliphatic heterocycles. The van der Waals surface area contributed by atoms with Crippen LogP contribution in [0.4, 0.5) is 5.69 Å². The Labute approximate surface area is 129 Å². The van der Waals surface area contributed by atoms with Gasteiger partial charge in [-0.1, -0.05) is 18.2 Å². The van der Waals surface area contributed by atoms with Gasteiger partial charge in [0.25, 0.3) is 10.1 Å². The monoisotopic (exact) mass is 325 g/mol. The van der Waals surface area contributed by atoms with E-state index in [9.17, 15) is 8.42 Å². The van der Waals surface area contributed by atoms with Gasteiger partial charge in [-0.3, -0.25) is 4.55 Å². The van der Waals surface area contributed by atoms with E-state index < -0.39 is 10.1 Å². The minimum atomic E-state index is -4.23. The van der Waals surface area contributed by atoms with Crippen LogP contribution in [0.15, 0.2) is 39.7 Å². The third kappa shape index (κ3) is 2.83. The number of hydrogen-bond acceptors (Lipinski definition) is 3. The average Bonchev–Trinajstić information content (AvgIpc) is 2.21. The Kier molecular flexibility index (Phi) is 4.62. The predicted molar refractivity (Wildman–Crippen MR) is 73.0 cm³/mol. The maximum absolute atomic E-state index is 11.1. The summed E-state index contributed by atoms with van der Waals surface area (Å²) in [6.45, 7) is 0. The van der Waals surface area contributed by atoms with Crippen molar-refractivity contribution in [3.8, 4) is 0 Å². The number of nitrogens with two attached hydrogens (primary N) is 1. The van der Waals surface area contributed by atoms with Gasteiger partial charge in [-0.15, -0.1) is 0 Å². The third-order valence-corrected chi connectivity index (χ3v) is 3.89. The van der Waals surface area contributed by atoms with Crippen LogP contribution in [0.1, 0.15) is 0 Å². The molecule has 0 saturated carbocycles. The number of rotatable bonds is 1. The number of fused-ring (bicyclic) bond motifs is 1. The van der Waals surface area contributed by atoms with Crippen LogP contribution in [-0.2, 0) is 10.1 Å². The molecule has 3 N–H and O–H groups in total. The molecule has 0 radical (unpaired) electrons. The first-order valence-electron chi connectivity index (χ1n) is 4.35. The van der Waals surface area contributed by atoms with Crippen LogP contribution < -0.4 is 5.73 Å². The Bertz CT molecular complexity index is 673. The van der Waals surface area contributed by atoms with Crippen LogP contribution in [0.2, 0.25) is 0 Å². The number of nitrogen functional groups attached to an aromatic ring is 1. The quantitative estimate of drug-likeness (QED) is 0.476. The summed E-state index contributed by atoms with van der Waals surface area (Å²) in [5.74, 6) is 0. The van der Waals surface area contributed by atoms with Crippen molar-refractivity contribution in [2.75, 3.05) is 5.73 Å². The van der Waals surface area contributed by atoms with Gasteiger partial charge in [-0.05, 0) is 28.1 Å². The zero-order valence-corrected chi connectivity index (χ0v) is 10.4. The average molecular weight is 326 g/mol. The van der Waals surface area contributed by atoms with Crippen molar-refractivity contribution in [3.05, 3.63) is 34.8 Å². The number of halogens is 1. The summed E-state index contributed by atoms with van der Waals surface area (Å²) in [5, 5.41) is 0.996. The molecule has 2 aromatic carbocycles. The van der Waals surface area contributed by atoms with Crippen LogP contribution in [0.25, 0.3) is 10.8 Å². The molecular weight excluding hydrogens is 317 g/mol. The van der Waals surface area contributed by atoms with Crippen molar-refractivity contribution < 1.29 is 13.0 Å². The van der Waals surface area contributed by atoms with Crippen LogP contribution >= 0.6 is 15.9 Å². The molecule has 0 aromatic heterocycles. The summed E-state index contributed by atoms with van der Waals surface area (Å²) < 4.78 is 32.0. The van der Waals surface area contributed by atoms with E-state index in [0.29, 0.717) is 20.9 Å². The molecule has 0 spiro atoms. The van der Waals surface area contributed by atoms with Crippen LogP contribution in [0.5, 0.6) is 0 Å². The summed E-state index contributed by atoms with van der Waals surface area (Å²) in [7, 11) is -4.23. The van der Waals surface area contributed by atoms with Crippen LogP contribution in [0.3, 0.4) is 0 Å². The fourth-order valence-electron chi connectivity index (χ4n) is 1.55. The second kappa shape index (κ2) is 5.26. The van der Waals surface area contributed by atoms with Crippen LogP contribution in [0, 0.1) is 0 Å². The normalized spacial score (nSPS) is 11.2. The molecule has 0 saturated heterocycles. The maximum atomic E-state index is 11.1. The molecule has 0 bridgehead atoms. The molecule has 0 unspecified atom stereocenters. The Morgan fingerprint density at radius 2 is 1.76 bits per heavy atom.